The van der Waals surface area contributed by atoms with Gasteiger partial charge in [0.15, 0.2) is 0 Å². The summed E-state index contributed by atoms with van der Waals surface area (Å²) in [7, 11) is 0. The van der Waals surface area contributed by atoms with Gasteiger partial charge in [0, 0.05) is 18.2 Å². The molecule has 4 aromatic rings. The first-order valence-corrected chi connectivity index (χ1v) is 21.9. The van der Waals surface area contributed by atoms with Crippen LogP contribution < -0.4 is 68.3 Å². The minimum Gasteiger partial charge on any atom is -0.455 e. The monoisotopic (exact) mass is 1070 g/mol. The lowest BCUT2D eigenvalue weighted by atomic mass is 10.3. The number of nitrogens with zero attached hydrogens (tertiary/aromatic N) is 12. The van der Waals surface area contributed by atoms with Gasteiger partial charge in [-0.25, -0.2) is 127 Å². The van der Waals surface area contributed by atoms with Gasteiger partial charge >= 0.3 is 86.2 Å². The molecule has 0 radical (unpaired) electrons. The lowest BCUT2D eigenvalue weighted by Gasteiger charge is -2.24. The maximum Gasteiger partial charge on any atom is 0.338 e. The molecule has 0 fully saturated rings. The summed E-state index contributed by atoms with van der Waals surface area (Å²) in [6.45, 7) is -1.94. The zero-order valence-electron chi connectivity index (χ0n) is 40.7. The van der Waals surface area contributed by atoms with Gasteiger partial charge in [-0.2, -0.15) is 0 Å². The van der Waals surface area contributed by atoms with Crippen molar-refractivity contribution in [1.82, 2.24) is 54.8 Å². The lowest BCUT2D eigenvalue weighted by molar-refractivity contribution is -0.145. The summed E-state index contributed by atoms with van der Waals surface area (Å²) in [5.41, 5.74) is -17.5. The maximum absolute atomic E-state index is 14.8. The van der Waals surface area contributed by atoms with Gasteiger partial charge in [-0.3, -0.25) is 0 Å². The average molecular weight is 1070 g/mol. The number of carbonyl (C=O) groups excluding carboxylic acids is 3. The number of terminal acetylenes is 6. The van der Waals surface area contributed by atoms with E-state index in [1.807, 2.05) is 35.5 Å². The second kappa shape index (κ2) is 26.0. The maximum atomic E-state index is 14.8. The van der Waals surface area contributed by atoms with Crippen LogP contribution in [0, 0.1) is 74.1 Å². The van der Waals surface area contributed by atoms with E-state index >= 15 is 0 Å². The van der Waals surface area contributed by atoms with Gasteiger partial charge in [0.2, 0.25) is 0 Å². The molecule has 0 spiro atoms. The van der Waals surface area contributed by atoms with Crippen LogP contribution in [-0.4, -0.2) is 91.0 Å². The van der Waals surface area contributed by atoms with Gasteiger partial charge in [0.05, 0.1) is 78.5 Å². The van der Waals surface area contributed by atoms with Crippen molar-refractivity contribution in [2.75, 3.05) is 0 Å². The van der Waals surface area contributed by atoms with E-state index in [2.05, 4.69) is 19.7 Å². The topological polar surface area (TPSA) is 343 Å². The SMILES string of the molecule is C#CCn1c(=O)n(CC#C)c(=O)n(CC(Cn2c(=O)n(CC(Cn3c(=O)n(CC#C)c(=O)n(CC#C)c3=O)OC(=O)C=C)c(=O)n(CC(Cn3c(=O)n(CC#C)c(=O)n(CC#C)c3=O)OC(=O)C=C)c2=O)OC(=O)C=C)c1=O. The lowest BCUT2D eigenvalue weighted by Crippen LogP contribution is -2.60. The molecule has 0 saturated heterocycles. The van der Waals surface area contributed by atoms with Gasteiger partial charge in [-0.05, 0) is 0 Å². The van der Waals surface area contributed by atoms with Gasteiger partial charge < -0.3 is 14.2 Å². The summed E-state index contributed by atoms with van der Waals surface area (Å²) in [6.07, 6.45) is 27.7. The van der Waals surface area contributed by atoms with Crippen LogP contribution >= 0.6 is 0 Å². The minimum absolute atomic E-state index is 0.127. The third-order valence-electron chi connectivity index (χ3n) is 10.7. The van der Waals surface area contributed by atoms with Crippen LogP contribution in [0.3, 0.4) is 0 Å². The van der Waals surface area contributed by atoms with E-state index in [0.29, 0.717) is 59.3 Å². The van der Waals surface area contributed by atoms with Crippen LogP contribution in [0.1, 0.15) is 0 Å². The molecule has 0 aromatic carbocycles. The smallest absolute Gasteiger partial charge is 0.338 e. The van der Waals surface area contributed by atoms with Gasteiger partial charge in [0.25, 0.3) is 0 Å². The Morgan fingerprint density at radius 1 is 0.308 bits per heavy atom. The molecule has 30 nitrogen and oxygen atoms in total. The summed E-state index contributed by atoms with van der Waals surface area (Å²) < 4.78 is 19.7. The molecule has 0 aliphatic rings. The fourth-order valence-electron chi connectivity index (χ4n) is 7.28. The Labute approximate surface area is 435 Å². The Balaban J connectivity index is 2.17. The Morgan fingerprint density at radius 3 is 0.564 bits per heavy atom. The number of hydrogen-bond acceptors (Lipinski definition) is 18. The molecule has 30 heteroatoms. The molecule has 0 N–H and O–H groups in total. The molecule has 78 heavy (non-hydrogen) atoms. The molecular formula is C48H42N12O18. The number of hydrogen-bond donors (Lipinski definition) is 0. The predicted octanol–water partition coefficient (Wildman–Crippen LogP) is -8.18. The summed E-state index contributed by atoms with van der Waals surface area (Å²) in [4.78, 5) is 204. The minimum atomic E-state index is -2.07. The van der Waals surface area contributed by atoms with Crippen molar-refractivity contribution in [2.45, 2.75) is 96.8 Å². The Bertz CT molecular complexity index is 3580. The second-order valence-corrected chi connectivity index (χ2v) is 15.6. The molecule has 4 aromatic heterocycles. The van der Waals surface area contributed by atoms with Crippen LogP contribution in [-0.2, 0) is 107 Å². The number of ether oxygens (including phenoxy) is 3. The van der Waals surface area contributed by atoms with E-state index in [4.69, 9.17) is 52.8 Å². The van der Waals surface area contributed by atoms with E-state index in [9.17, 15) is 71.9 Å². The zero-order valence-corrected chi connectivity index (χ0v) is 40.7. The van der Waals surface area contributed by atoms with Crippen molar-refractivity contribution in [3.8, 4) is 74.1 Å². The molecule has 0 aliphatic heterocycles. The third-order valence-corrected chi connectivity index (χ3v) is 10.7. The van der Waals surface area contributed by atoms with Crippen molar-refractivity contribution in [3.05, 3.63) is 164 Å². The standard InChI is InChI=1S/C48H42N12O18/c1-10-19-49-37(64)50(20-11-2)41(68)55(40(49)67)25-31(76-34(61)16-7)28-58-46(73)59(29-32(77-35(62)17-8)26-56-42(69)51(21-12-3)38(65)52(22-13-4)43(56)70)48(75)60(47(58)74)30-33(78-36(63)18-9)27-57-44(71)53(23-14-5)39(66)54(24-15-6)45(57)72/h1-6,16-18,31-33H,7-9,19-30H2. The number of rotatable bonds is 24. The van der Waals surface area contributed by atoms with Crippen molar-refractivity contribution in [2.24, 2.45) is 0 Å². The fraction of sp³-hybridized carbons (Fsp3) is 0.312. The zero-order chi connectivity index (χ0) is 58.3. The first kappa shape index (κ1) is 59.2. The molecule has 4 rings (SSSR count). The molecule has 0 aliphatic carbocycles. The van der Waals surface area contributed by atoms with E-state index in [0.717, 1.165) is 0 Å². The summed E-state index contributed by atoms with van der Waals surface area (Å²) in [6, 6.07) is 0. The highest BCUT2D eigenvalue weighted by molar-refractivity contribution is 5.82. The molecule has 3 atom stereocenters. The largest absolute Gasteiger partial charge is 0.455 e. The molecule has 0 bridgehead atoms. The molecule has 0 amide bonds. The van der Waals surface area contributed by atoms with Crippen LogP contribution in [0.2, 0.25) is 0 Å². The first-order valence-electron chi connectivity index (χ1n) is 21.9. The fourth-order valence-corrected chi connectivity index (χ4v) is 7.28. The molecule has 3 unspecified atom stereocenters. The number of aromatic nitrogens is 12. The van der Waals surface area contributed by atoms with Gasteiger partial charge in [-0.1, -0.05) is 55.3 Å². The molecule has 4 heterocycles. The van der Waals surface area contributed by atoms with Crippen molar-refractivity contribution in [3.63, 3.8) is 0 Å². The van der Waals surface area contributed by atoms with Crippen molar-refractivity contribution >= 4 is 17.9 Å². The number of carbonyl (C=O) groups is 3. The first-order chi connectivity index (χ1) is 37.0. The van der Waals surface area contributed by atoms with E-state index < -0.39 is 183 Å². The third kappa shape index (κ3) is 12.5. The number of esters is 3. The quantitative estimate of drug-likeness (QED) is 0.0272. The Kier molecular flexibility index (Phi) is 19.8. The van der Waals surface area contributed by atoms with Crippen molar-refractivity contribution in [1.29, 1.82) is 0 Å². The highest BCUT2D eigenvalue weighted by Crippen LogP contribution is 2.04. The van der Waals surface area contributed by atoms with E-state index in [-0.39, 0.29) is 13.7 Å². The predicted molar refractivity (Wildman–Crippen MR) is 270 cm³/mol. The average Bonchev–Trinajstić information content (AvgIpc) is 3.42. The van der Waals surface area contributed by atoms with Gasteiger partial charge in [-0.15, -0.1) is 38.5 Å². The highest BCUT2D eigenvalue weighted by atomic mass is 16.6. The highest BCUT2D eigenvalue weighted by Gasteiger charge is 2.30. The second-order valence-electron chi connectivity index (χ2n) is 15.6. The normalized spacial score (nSPS) is 11.6. The Hall–Kier alpha value is -11.4. The van der Waals surface area contributed by atoms with Gasteiger partial charge in [0.1, 0.15) is 18.3 Å². The molecule has 0 saturated carbocycles. The van der Waals surface area contributed by atoms with Crippen LogP contribution in [0.15, 0.2) is 95.5 Å². The molecular weight excluding hydrogens is 1030 g/mol. The molecule has 402 valence electrons. The summed E-state index contributed by atoms with van der Waals surface area (Å²) in [5.74, 6) is 8.27. The van der Waals surface area contributed by atoms with E-state index in [1.165, 1.54) is 0 Å². The Morgan fingerprint density at radius 2 is 0.436 bits per heavy atom. The summed E-state index contributed by atoms with van der Waals surface area (Å²) >= 11 is 0. The van der Waals surface area contributed by atoms with E-state index in [1.54, 1.807) is 0 Å². The van der Waals surface area contributed by atoms with Crippen molar-refractivity contribution < 1.29 is 28.6 Å². The summed E-state index contributed by atoms with van der Waals surface area (Å²) in [5, 5.41) is 0. The van der Waals surface area contributed by atoms with Crippen LogP contribution in [0.5, 0.6) is 0 Å². The van der Waals surface area contributed by atoms with Crippen LogP contribution in [0.4, 0.5) is 0 Å². The van der Waals surface area contributed by atoms with Crippen LogP contribution in [0.25, 0.3) is 0 Å².